The number of hydrogen-bond donors (Lipinski definition) is 1. The Kier molecular flexibility index (Phi) is 7.10. The first kappa shape index (κ1) is 29.4. The fourth-order valence-corrected chi connectivity index (χ4v) is 6.88. The van der Waals surface area contributed by atoms with Crippen LogP contribution in [-0.2, 0) is 0 Å². The van der Waals surface area contributed by atoms with Gasteiger partial charge in [0.25, 0.3) is 0 Å². The monoisotopic (exact) mass is 645 g/mol. The molecule has 5 nitrogen and oxygen atoms in total. The van der Waals surface area contributed by atoms with E-state index < -0.39 is 0 Å². The summed E-state index contributed by atoms with van der Waals surface area (Å²) in [5.74, 6) is 1.95. The number of para-hydroxylation sites is 1. The fourth-order valence-electron chi connectivity index (χ4n) is 6.88. The van der Waals surface area contributed by atoms with Crippen LogP contribution in [0.5, 0.6) is 17.4 Å². The largest absolute Gasteiger partial charge is 0.506 e. The molecule has 0 radical (unpaired) electrons. The van der Waals surface area contributed by atoms with E-state index in [9.17, 15) is 5.11 Å². The first-order valence-corrected chi connectivity index (χ1v) is 16.6. The number of phenols is 1. The highest BCUT2D eigenvalue weighted by atomic mass is 16.5. The Hall–Kier alpha value is -6.72. The van der Waals surface area contributed by atoms with Crippen molar-refractivity contribution in [1.29, 1.82) is 0 Å². The lowest BCUT2D eigenvalue weighted by atomic mass is 10.0. The van der Waals surface area contributed by atoms with Crippen LogP contribution in [-0.4, -0.2) is 19.6 Å². The van der Waals surface area contributed by atoms with E-state index in [4.69, 9.17) is 14.7 Å². The molecule has 6 aromatic carbocycles. The van der Waals surface area contributed by atoms with E-state index in [2.05, 4.69) is 102 Å². The van der Waals surface area contributed by atoms with Gasteiger partial charge < -0.3 is 9.84 Å². The second kappa shape index (κ2) is 12.1. The quantitative estimate of drug-likeness (QED) is 0.195. The number of aryl methyl sites for hydroxylation is 1. The predicted molar refractivity (Wildman–Crippen MR) is 203 cm³/mol. The number of hydrogen-bond acceptors (Lipinski definition) is 4. The molecule has 0 aliphatic rings. The van der Waals surface area contributed by atoms with Gasteiger partial charge in [0.1, 0.15) is 22.8 Å². The predicted octanol–water partition coefficient (Wildman–Crippen LogP) is 11.5. The van der Waals surface area contributed by atoms with Gasteiger partial charge in [0.05, 0.1) is 16.7 Å². The normalized spacial score (nSPS) is 11.4. The van der Waals surface area contributed by atoms with Gasteiger partial charge >= 0.3 is 0 Å². The van der Waals surface area contributed by atoms with Crippen molar-refractivity contribution < 1.29 is 9.84 Å². The third-order valence-electron chi connectivity index (χ3n) is 9.20. The highest BCUT2D eigenvalue weighted by Crippen LogP contribution is 2.39. The van der Waals surface area contributed by atoms with Crippen LogP contribution in [0.15, 0.2) is 164 Å². The standard InChI is InChI=1S/C45H31N3O2/c1-29-24-39(32-16-9-4-10-17-32)46-43(25-29)48-40-26-33(30-12-5-2-6-13-30)20-22-35(40)36-23-21-34(27-41(36)48)50-44-28-38(31-14-7-3-8-15-31)37-18-11-19-42(49)45(37)47-44/h2-28,49H,1H3. The molecule has 0 unspecified atom stereocenters. The van der Waals surface area contributed by atoms with Crippen molar-refractivity contribution in [3.63, 3.8) is 0 Å². The third kappa shape index (κ3) is 5.22. The Labute approximate surface area is 289 Å². The number of benzene rings is 6. The van der Waals surface area contributed by atoms with Crippen LogP contribution in [0.4, 0.5) is 0 Å². The zero-order chi connectivity index (χ0) is 33.6. The maximum absolute atomic E-state index is 10.8. The van der Waals surface area contributed by atoms with Gasteiger partial charge in [0.2, 0.25) is 5.88 Å². The molecule has 0 fully saturated rings. The molecule has 5 heteroatoms. The second-order valence-electron chi connectivity index (χ2n) is 12.5. The molecule has 3 aromatic heterocycles. The molecular weight excluding hydrogens is 615 g/mol. The minimum absolute atomic E-state index is 0.106. The maximum Gasteiger partial charge on any atom is 0.220 e. The number of rotatable bonds is 6. The topological polar surface area (TPSA) is 60.2 Å². The lowest BCUT2D eigenvalue weighted by Crippen LogP contribution is -2.00. The Morgan fingerprint density at radius 1 is 0.520 bits per heavy atom. The van der Waals surface area contributed by atoms with Crippen molar-refractivity contribution in [2.45, 2.75) is 6.92 Å². The molecule has 0 bridgehead atoms. The van der Waals surface area contributed by atoms with Crippen molar-refractivity contribution in [1.82, 2.24) is 14.5 Å². The Morgan fingerprint density at radius 3 is 1.92 bits per heavy atom. The van der Waals surface area contributed by atoms with Crippen LogP contribution in [0.25, 0.3) is 72.0 Å². The van der Waals surface area contributed by atoms with Gasteiger partial charge in [-0.3, -0.25) is 4.57 Å². The SMILES string of the molecule is Cc1cc(-c2ccccc2)nc(-n2c3cc(Oc4cc(-c5ccccc5)c5cccc(O)c5n4)ccc3c3ccc(-c4ccccc4)cc32)c1. The summed E-state index contributed by atoms with van der Waals surface area (Å²) in [5.41, 5.74) is 9.82. The lowest BCUT2D eigenvalue weighted by Gasteiger charge is -2.13. The van der Waals surface area contributed by atoms with E-state index in [0.717, 1.165) is 72.1 Å². The Balaban J connectivity index is 1.25. The fraction of sp³-hybridized carbons (Fsp3) is 0.0222. The molecule has 0 aliphatic carbocycles. The molecule has 0 saturated carbocycles. The number of aromatic nitrogens is 3. The summed E-state index contributed by atoms with van der Waals surface area (Å²) in [7, 11) is 0. The molecule has 9 aromatic rings. The summed E-state index contributed by atoms with van der Waals surface area (Å²) >= 11 is 0. The van der Waals surface area contributed by atoms with Crippen LogP contribution >= 0.6 is 0 Å². The van der Waals surface area contributed by atoms with E-state index in [0.29, 0.717) is 17.1 Å². The van der Waals surface area contributed by atoms with Crippen LogP contribution in [0.3, 0.4) is 0 Å². The van der Waals surface area contributed by atoms with E-state index in [1.807, 2.05) is 66.7 Å². The second-order valence-corrected chi connectivity index (χ2v) is 12.5. The number of aromatic hydroxyl groups is 1. The van der Waals surface area contributed by atoms with Gasteiger partial charge in [0.15, 0.2) is 0 Å². The smallest absolute Gasteiger partial charge is 0.220 e. The molecular formula is C45H31N3O2. The van der Waals surface area contributed by atoms with Crippen molar-refractivity contribution in [2.24, 2.45) is 0 Å². The summed E-state index contributed by atoms with van der Waals surface area (Å²) < 4.78 is 8.79. The van der Waals surface area contributed by atoms with Gasteiger partial charge in [-0.1, -0.05) is 115 Å². The molecule has 50 heavy (non-hydrogen) atoms. The summed E-state index contributed by atoms with van der Waals surface area (Å²) in [6.45, 7) is 2.11. The number of ether oxygens (including phenoxy) is 1. The van der Waals surface area contributed by atoms with Crippen molar-refractivity contribution in [3.8, 4) is 56.7 Å². The van der Waals surface area contributed by atoms with Crippen LogP contribution in [0.1, 0.15) is 5.56 Å². The van der Waals surface area contributed by atoms with Gasteiger partial charge in [-0.15, -0.1) is 0 Å². The molecule has 0 amide bonds. The average Bonchev–Trinajstić information content (AvgIpc) is 3.48. The molecule has 0 atom stereocenters. The minimum atomic E-state index is 0.106. The van der Waals surface area contributed by atoms with Crippen LogP contribution < -0.4 is 4.74 Å². The van der Waals surface area contributed by atoms with Gasteiger partial charge in [-0.25, -0.2) is 9.97 Å². The summed E-state index contributed by atoms with van der Waals surface area (Å²) in [5, 5.41) is 13.9. The van der Waals surface area contributed by atoms with Gasteiger partial charge in [-0.2, -0.15) is 0 Å². The zero-order valence-corrected chi connectivity index (χ0v) is 27.3. The summed E-state index contributed by atoms with van der Waals surface area (Å²) in [6, 6.07) is 55.3. The van der Waals surface area contributed by atoms with E-state index >= 15 is 0 Å². The molecule has 1 N–H and O–H groups in total. The first-order chi connectivity index (χ1) is 24.6. The number of fused-ring (bicyclic) bond motifs is 4. The first-order valence-electron chi connectivity index (χ1n) is 16.6. The van der Waals surface area contributed by atoms with Gasteiger partial charge in [-0.05, 0) is 71.1 Å². The van der Waals surface area contributed by atoms with E-state index in [-0.39, 0.29) is 5.75 Å². The maximum atomic E-state index is 10.8. The minimum Gasteiger partial charge on any atom is -0.506 e. The third-order valence-corrected chi connectivity index (χ3v) is 9.20. The molecule has 9 rings (SSSR count). The lowest BCUT2D eigenvalue weighted by molar-refractivity contribution is 0.460. The zero-order valence-electron chi connectivity index (χ0n) is 27.3. The Bertz CT molecular complexity index is 2690. The number of phenolic OH excluding ortho intramolecular Hbond substituents is 1. The molecule has 3 heterocycles. The van der Waals surface area contributed by atoms with Crippen LogP contribution in [0, 0.1) is 6.92 Å². The highest BCUT2D eigenvalue weighted by molar-refractivity contribution is 6.10. The van der Waals surface area contributed by atoms with Crippen molar-refractivity contribution in [3.05, 3.63) is 169 Å². The molecule has 0 saturated heterocycles. The van der Waals surface area contributed by atoms with Crippen molar-refractivity contribution in [2.75, 3.05) is 0 Å². The molecule has 0 spiro atoms. The van der Waals surface area contributed by atoms with E-state index in [1.54, 1.807) is 6.07 Å². The average molecular weight is 646 g/mol. The Morgan fingerprint density at radius 2 is 1.18 bits per heavy atom. The molecule has 238 valence electrons. The van der Waals surface area contributed by atoms with E-state index in [1.165, 1.54) is 0 Å². The van der Waals surface area contributed by atoms with Crippen LogP contribution in [0.2, 0.25) is 0 Å². The number of pyridine rings is 2. The summed E-state index contributed by atoms with van der Waals surface area (Å²) in [4.78, 5) is 10.0. The summed E-state index contributed by atoms with van der Waals surface area (Å²) in [6.07, 6.45) is 0. The highest BCUT2D eigenvalue weighted by Gasteiger charge is 2.18. The van der Waals surface area contributed by atoms with Gasteiger partial charge in [0, 0.05) is 33.9 Å². The number of nitrogens with zero attached hydrogens (tertiary/aromatic N) is 3. The molecule has 0 aliphatic heterocycles. The van der Waals surface area contributed by atoms with Crippen molar-refractivity contribution >= 4 is 32.7 Å².